The number of rotatable bonds is 4. The van der Waals surface area contributed by atoms with Gasteiger partial charge in [-0.15, -0.1) is 0 Å². The fraction of sp³-hybridized carbons (Fsp3) is 0.158. The zero-order valence-corrected chi connectivity index (χ0v) is 13.5. The van der Waals surface area contributed by atoms with Crippen LogP contribution < -0.4 is 4.74 Å². The van der Waals surface area contributed by atoms with Crippen molar-refractivity contribution in [1.29, 1.82) is 0 Å². The minimum Gasteiger partial charge on any atom is -0.496 e. The van der Waals surface area contributed by atoms with Gasteiger partial charge in [0, 0.05) is 4.83 Å². The van der Waals surface area contributed by atoms with Crippen LogP contribution in [0.5, 0.6) is 5.75 Å². The maximum absolute atomic E-state index is 5.45. The predicted molar refractivity (Wildman–Crippen MR) is 92.3 cm³/mol. The second kappa shape index (κ2) is 6.31. The van der Waals surface area contributed by atoms with E-state index in [4.69, 9.17) is 4.74 Å². The fourth-order valence-corrected chi connectivity index (χ4v) is 3.45. The molecule has 0 radical (unpaired) electrons. The van der Waals surface area contributed by atoms with Gasteiger partial charge in [-0.3, -0.25) is 0 Å². The Balaban J connectivity index is 1.96. The lowest BCUT2D eigenvalue weighted by Crippen LogP contribution is -1.99. The Hall–Kier alpha value is -1.80. The average Bonchev–Trinajstić information content (AvgIpc) is 2.54. The van der Waals surface area contributed by atoms with Crippen molar-refractivity contribution >= 4 is 26.7 Å². The first kappa shape index (κ1) is 14.2. The van der Waals surface area contributed by atoms with Crippen LogP contribution in [0.3, 0.4) is 0 Å². The number of benzene rings is 3. The van der Waals surface area contributed by atoms with Crippen molar-refractivity contribution in [1.82, 2.24) is 0 Å². The SMILES string of the molecule is COc1ccccc1CC(Br)c1cccc2ccccc12. The lowest BCUT2D eigenvalue weighted by molar-refractivity contribution is 0.409. The van der Waals surface area contributed by atoms with Crippen LogP contribution in [0.25, 0.3) is 10.8 Å². The topological polar surface area (TPSA) is 9.23 Å². The van der Waals surface area contributed by atoms with Crippen LogP contribution in [0, 0.1) is 0 Å². The standard InChI is InChI=1S/C19H17BrO/c1-21-19-12-5-3-8-15(19)13-18(20)17-11-6-9-14-7-2-4-10-16(14)17/h2-12,18H,13H2,1H3. The molecule has 106 valence electrons. The van der Waals surface area contributed by atoms with Crippen molar-refractivity contribution in [2.75, 3.05) is 7.11 Å². The van der Waals surface area contributed by atoms with Gasteiger partial charge in [0.15, 0.2) is 0 Å². The van der Waals surface area contributed by atoms with E-state index in [1.807, 2.05) is 12.1 Å². The molecule has 0 saturated heterocycles. The van der Waals surface area contributed by atoms with Gasteiger partial charge >= 0.3 is 0 Å². The number of methoxy groups -OCH3 is 1. The quantitative estimate of drug-likeness (QED) is 0.567. The zero-order chi connectivity index (χ0) is 14.7. The van der Waals surface area contributed by atoms with E-state index in [0.29, 0.717) is 0 Å². The van der Waals surface area contributed by atoms with Gasteiger partial charge in [0.05, 0.1) is 7.11 Å². The molecule has 0 aliphatic heterocycles. The Morgan fingerprint density at radius 2 is 1.62 bits per heavy atom. The molecule has 0 fully saturated rings. The maximum atomic E-state index is 5.45. The molecule has 0 aliphatic carbocycles. The molecule has 1 unspecified atom stereocenters. The molecule has 3 aromatic carbocycles. The molecule has 2 heteroatoms. The van der Waals surface area contributed by atoms with Crippen LogP contribution in [-0.4, -0.2) is 7.11 Å². The molecule has 0 spiro atoms. The van der Waals surface area contributed by atoms with Gasteiger partial charge in [0.25, 0.3) is 0 Å². The third kappa shape index (κ3) is 2.96. The summed E-state index contributed by atoms with van der Waals surface area (Å²) < 4.78 is 5.45. The number of hydrogen-bond acceptors (Lipinski definition) is 1. The molecule has 0 heterocycles. The van der Waals surface area contributed by atoms with E-state index in [1.165, 1.54) is 21.9 Å². The Bertz CT molecular complexity index is 746. The van der Waals surface area contributed by atoms with Gasteiger partial charge in [0.1, 0.15) is 5.75 Å². The first-order valence-electron chi connectivity index (χ1n) is 7.03. The molecule has 0 saturated carbocycles. The van der Waals surface area contributed by atoms with Crippen molar-refractivity contribution in [2.24, 2.45) is 0 Å². The van der Waals surface area contributed by atoms with E-state index in [-0.39, 0.29) is 4.83 Å². The summed E-state index contributed by atoms with van der Waals surface area (Å²) >= 11 is 3.85. The highest BCUT2D eigenvalue weighted by molar-refractivity contribution is 9.09. The van der Waals surface area contributed by atoms with Crippen molar-refractivity contribution in [3.63, 3.8) is 0 Å². The summed E-state index contributed by atoms with van der Waals surface area (Å²) in [6.45, 7) is 0. The molecular weight excluding hydrogens is 324 g/mol. The molecule has 1 nitrogen and oxygen atoms in total. The lowest BCUT2D eigenvalue weighted by atomic mass is 9.98. The third-order valence-corrected chi connectivity index (χ3v) is 4.57. The smallest absolute Gasteiger partial charge is 0.122 e. The van der Waals surface area contributed by atoms with Crippen molar-refractivity contribution in [3.05, 3.63) is 77.9 Å². The summed E-state index contributed by atoms with van der Waals surface area (Å²) in [6, 6.07) is 23.2. The van der Waals surface area contributed by atoms with Crippen molar-refractivity contribution < 1.29 is 4.74 Å². The minimum absolute atomic E-state index is 0.264. The van der Waals surface area contributed by atoms with Crippen molar-refractivity contribution in [2.45, 2.75) is 11.2 Å². The highest BCUT2D eigenvalue weighted by Gasteiger charge is 2.13. The average molecular weight is 341 g/mol. The molecule has 0 aromatic heterocycles. The van der Waals surface area contributed by atoms with Gasteiger partial charge in [-0.05, 0) is 34.4 Å². The predicted octanol–water partition coefficient (Wildman–Crippen LogP) is 5.53. The molecule has 1 atom stereocenters. The summed E-state index contributed by atoms with van der Waals surface area (Å²) in [5, 5.41) is 2.58. The fourth-order valence-electron chi connectivity index (χ4n) is 2.70. The molecule has 0 bridgehead atoms. The summed E-state index contributed by atoms with van der Waals surface area (Å²) in [5.74, 6) is 0.946. The second-order valence-electron chi connectivity index (χ2n) is 5.05. The molecule has 0 N–H and O–H groups in total. The molecule has 21 heavy (non-hydrogen) atoms. The van der Waals surface area contributed by atoms with E-state index < -0.39 is 0 Å². The highest BCUT2D eigenvalue weighted by Crippen LogP contribution is 2.34. The minimum atomic E-state index is 0.264. The Labute approximate surface area is 133 Å². The van der Waals surface area contributed by atoms with Crippen LogP contribution in [0.2, 0.25) is 0 Å². The van der Waals surface area contributed by atoms with E-state index in [9.17, 15) is 0 Å². The number of alkyl halides is 1. The number of para-hydroxylation sites is 1. The maximum Gasteiger partial charge on any atom is 0.122 e. The van der Waals surface area contributed by atoms with Crippen LogP contribution >= 0.6 is 15.9 Å². The van der Waals surface area contributed by atoms with Crippen LogP contribution in [0.15, 0.2) is 66.7 Å². The largest absolute Gasteiger partial charge is 0.496 e. The number of halogens is 1. The third-order valence-electron chi connectivity index (χ3n) is 3.75. The summed E-state index contributed by atoms with van der Waals surface area (Å²) in [6.07, 6.45) is 0.901. The Kier molecular flexibility index (Phi) is 4.26. The first-order chi connectivity index (χ1) is 10.3. The molecule has 3 rings (SSSR count). The summed E-state index contributed by atoms with van der Waals surface area (Å²) in [4.78, 5) is 0.264. The monoisotopic (exact) mass is 340 g/mol. The molecule has 0 aliphatic rings. The van der Waals surface area contributed by atoms with E-state index in [1.54, 1.807) is 7.11 Å². The summed E-state index contributed by atoms with van der Waals surface area (Å²) in [5.41, 5.74) is 2.54. The van der Waals surface area contributed by atoms with Crippen LogP contribution in [0.4, 0.5) is 0 Å². The van der Waals surface area contributed by atoms with Crippen LogP contribution in [-0.2, 0) is 6.42 Å². The molecular formula is C19H17BrO. The van der Waals surface area contributed by atoms with Gasteiger partial charge in [-0.1, -0.05) is 76.6 Å². The summed E-state index contributed by atoms with van der Waals surface area (Å²) in [7, 11) is 1.72. The van der Waals surface area contributed by atoms with E-state index in [0.717, 1.165) is 12.2 Å². The molecule has 3 aromatic rings. The van der Waals surface area contributed by atoms with Gasteiger partial charge < -0.3 is 4.74 Å². The Morgan fingerprint density at radius 1 is 0.905 bits per heavy atom. The van der Waals surface area contributed by atoms with Gasteiger partial charge in [0.2, 0.25) is 0 Å². The highest BCUT2D eigenvalue weighted by atomic mass is 79.9. The normalized spacial score (nSPS) is 12.3. The molecule has 0 amide bonds. The number of hydrogen-bond donors (Lipinski definition) is 0. The van der Waals surface area contributed by atoms with Gasteiger partial charge in [-0.25, -0.2) is 0 Å². The lowest BCUT2D eigenvalue weighted by Gasteiger charge is -2.15. The number of ether oxygens (including phenoxy) is 1. The Morgan fingerprint density at radius 3 is 2.48 bits per heavy atom. The van der Waals surface area contributed by atoms with Crippen LogP contribution in [0.1, 0.15) is 16.0 Å². The first-order valence-corrected chi connectivity index (χ1v) is 7.95. The zero-order valence-electron chi connectivity index (χ0n) is 11.9. The number of fused-ring (bicyclic) bond motifs is 1. The van der Waals surface area contributed by atoms with Crippen molar-refractivity contribution in [3.8, 4) is 5.75 Å². The second-order valence-corrected chi connectivity index (χ2v) is 6.16. The van der Waals surface area contributed by atoms with E-state index >= 15 is 0 Å². The van der Waals surface area contributed by atoms with Gasteiger partial charge in [-0.2, -0.15) is 0 Å². The van der Waals surface area contributed by atoms with E-state index in [2.05, 4.69) is 70.5 Å².